The molecule has 0 aliphatic rings. The summed E-state index contributed by atoms with van der Waals surface area (Å²) >= 11 is 0. The fourth-order valence-corrected chi connectivity index (χ4v) is 6.25. The standard InChI is InChI=1S/C38H62O7S.Na/c1-3-5-7-9-11-13-15-17-19-21-23-25-27-32-44-37(39)34-30-29-31-35(46(41,42)43)36(34)38(40)45-33-28-26-24-22-20-18-16-14-12-10-8-6-4-2;/h3-4,29-31H,1-2,5-28,32-33H2,(H,41,42,43);/q;+1/p-1. The molecule has 0 saturated carbocycles. The van der Waals surface area contributed by atoms with Gasteiger partial charge in [0.2, 0.25) is 0 Å². The van der Waals surface area contributed by atoms with Crippen LogP contribution in [0.4, 0.5) is 0 Å². The Hall–Kier alpha value is -1.45. The number of allylic oxidation sites excluding steroid dienone is 2. The maximum atomic E-state index is 12.9. The van der Waals surface area contributed by atoms with Gasteiger partial charge in [0, 0.05) is 0 Å². The molecule has 262 valence electrons. The maximum Gasteiger partial charge on any atom is 1.00 e. The minimum atomic E-state index is -5.01. The molecule has 0 spiro atoms. The first kappa shape index (κ1) is 45.6. The molecule has 9 heteroatoms. The number of esters is 2. The number of carbonyl (C=O) groups is 2. The van der Waals surface area contributed by atoms with Gasteiger partial charge in [-0.3, -0.25) is 0 Å². The van der Waals surface area contributed by atoms with Crippen LogP contribution in [0.2, 0.25) is 0 Å². The van der Waals surface area contributed by atoms with Gasteiger partial charge in [-0.1, -0.05) is 134 Å². The maximum absolute atomic E-state index is 12.9. The van der Waals surface area contributed by atoms with E-state index in [1.807, 2.05) is 12.2 Å². The van der Waals surface area contributed by atoms with E-state index in [2.05, 4.69) is 13.2 Å². The van der Waals surface area contributed by atoms with Crippen molar-refractivity contribution in [3.8, 4) is 0 Å². The number of hydrogen-bond acceptors (Lipinski definition) is 7. The van der Waals surface area contributed by atoms with Crippen LogP contribution in [0.3, 0.4) is 0 Å². The molecule has 1 aromatic carbocycles. The Bertz CT molecular complexity index is 1090. The van der Waals surface area contributed by atoms with Crippen molar-refractivity contribution in [2.75, 3.05) is 13.2 Å². The van der Waals surface area contributed by atoms with Gasteiger partial charge in [0.25, 0.3) is 0 Å². The molecular formula is C38H61NaO7S. The van der Waals surface area contributed by atoms with Crippen molar-refractivity contribution in [3.05, 3.63) is 54.6 Å². The van der Waals surface area contributed by atoms with E-state index < -0.39 is 32.5 Å². The molecule has 0 heterocycles. The Labute approximate surface area is 308 Å². The smallest absolute Gasteiger partial charge is 0.744 e. The second-order valence-corrected chi connectivity index (χ2v) is 13.7. The molecule has 0 bridgehead atoms. The van der Waals surface area contributed by atoms with E-state index in [1.54, 1.807) is 0 Å². The molecule has 7 nitrogen and oxygen atoms in total. The number of unbranched alkanes of at least 4 members (excludes halogenated alkanes) is 22. The predicted molar refractivity (Wildman–Crippen MR) is 186 cm³/mol. The Balaban J connectivity index is 0.0000212. The molecule has 0 fully saturated rings. The van der Waals surface area contributed by atoms with Crippen molar-refractivity contribution in [2.45, 2.75) is 159 Å². The third-order valence-electron chi connectivity index (χ3n) is 8.29. The molecule has 47 heavy (non-hydrogen) atoms. The number of benzene rings is 1. The van der Waals surface area contributed by atoms with E-state index in [9.17, 15) is 22.6 Å². The zero-order valence-electron chi connectivity index (χ0n) is 29.5. The first-order valence-electron chi connectivity index (χ1n) is 18.0. The summed E-state index contributed by atoms with van der Waals surface area (Å²) in [5.41, 5.74) is -0.792. The quantitative estimate of drug-likeness (QED) is 0.0260. The van der Waals surface area contributed by atoms with Gasteiger partial charge in [0.05, 0.1) is 29.2 Å². The van der Waals surface area contributed by atoms with Gasteiger partial charge >= 0.3 is 41.5 Å². The Morgan fingerprint density at radius 2 is 0.915 bits per heavy atom. The van der Waals surface area contributed by atoms with E-state index in [1.165, 1.54) is 102 Å². The molecule has 1 aromatic rings. The van der Waals surface area contributed by atoms with Gasteiger partial charge in [0.1, 0.15) is 10.1 Å². The normalized spacial score (nSPS) is 11.1. The monoisotopic (exact) mass is 684 g/mol. The summed E-state index contributed by atoms with van der Waals surface area (Å²) in [4.78, 5) is 25.0. The number of hydrogen-bond donors (Lipinski definition) is 0. The second kappa shape index (κ2) is 30.6. The van der Waals surface area contributed by atoms with E-state index >= 15 is 0 Å². The van der Waals surface area contributed by atoms with Crippen LogP contribution in [0.5, 0.6) is 0 Å². The predicted octanol–water partition coefficient (Wildman–Crippen LogP) is 7.64. The Morgan fingerprint density at radius 1 is 0.574 bits per heavy atom. The summed E-state index contributed by atoms with van der Waals surface area (Å²) in [5.74, 6) is -1.82. The average molecular weight is 685 g/mol. The molecular weight excluding hydrogens is 623 g/mol. The van der Waals surface area contributed by atoms with Gasteiger partial charge in [-0.05, 0) is 50.7 Å². The van der Waals surface area contributed by atoms with Crippen LogP contribution in [0.1, 0.15) is 175 Å². The van der Waals surface area contributed by atoms with Crippen LogP contribution >= 0.6 is 0 Å². The molecule has 1 rings (SSSR count). The Morgan fingerprint density at radius 3 is 1.28 bits per heavy atom. The molecule has 0 atom stereocenters. The van der Waals surface area contributed by atoms with Crippen molar-refractivity contribution in [2.24, 2.45) is 0 Å². The van der Waals surface area contributed by atoms with Crippen molar-refractivity contribution in [3.63, 3.8) is 0 Å². The van der Waals surface area contributed by atoms with Crippen molar-refractivity contribution in [1.29, 1.82) is 0 Å². The molecule has 0 amide bonds. The van der Waals surface area contributed by atoms with E-state index in [0.29, 0.717) is 12.8 Å². The molecule has 0 radical (unpaired) electrons. The largest absolute Gasteiger partial charge is 1.00 e. The van der Waals surface area contributed by atoms with Crippen LogP contribution in [0, 0.1) is 0 Å². The fraction of sp³-hybridized carbons (Fsp3) is 0.684. The molecule has 0 aromatic heterocycles. The summed E-state index contributed by atoms with van der Waals surface area (Å²) in [6, 6.07) is 3.59. The summed E-state index contributed by atoms with van der Waals surface area (Å²) in [6.45, 7) is 7.75. The number of rotatable bonds is 31. The first-order valence-corrected chi connectivity index (χ1v) is 19.4. The molecule has 0 unspecified atom stereocenters. The van der Waals surface area contributed by atoms with Crippen molar-refractivity contribution < 1.29 is 61.6 Å². The summed E-state index contributed by atoms with van der Waals surface area (Å²) < 4.78 is 46.4. The average Bonchev–Trinajstić information content (AvgIpc) is 3.04. The minimum absolute atomic E-state index is 0. The van der Waals surface area contributed by atoms with Crippen LogP contribution in [-0.2, 0) is 19.6 Å². The van der Waals surface area contributed by atoms with Crippen molar-refractivity contribution >= 4 is 22.1 Å². The molecule has 0 saturated heterocycles. The third-order valence-corrected chi connectivity index (χ3v) is 9.17. The summed E-state index contributed by atoms with van der Waals surface area (Å²) in [5, 5.41) is 0. The van der Waals surface area contributed by atoms with Gasteiger partial charge in [0.15, 0.2) is 0 Å². The first-order chi connectivity index (χ1) is 22.3. The number of ether oxygens (including phenoxy) is 2. The van der Waals surface area contributed by atoms with Gasteiger partial charge in [-0.25, -0.2) is 18.0 Å². The van der Waals surface area contributed by atoms with Gasteiger partial charge < -0.3 is 14.0 Å². The summed E-state index contributed by atoms with van der Waals surface area (Å²) in [6.07, 6.45) is 31.1. The fourth-order valence-electron chi connectivity index (χ4n) is 5.56. The van der Waals surface area contributed by atoms with Crippen LogP contribution < -0.4 is 29.6 Å². The third kappa shape index (κ3) is 23.5. The van der Waals surface area contributed by atoms with Gasteiger partial charge in [-0.15, -0.1) is 13.2 Å². The van der Waals surface area contributed by atoms with Crippen molar-refractivity contribution in [1.82, 2.24) is 0 Å². The number of carbonyl (C=O) groups excluding carboxylic acids is 2. The van der Waals surface area contributed by atoms with E-state index in [-0.39, 0.29) is 48.3 Å². The molecule has 0 N–H and O–H groups in total. The van der Waals surface area contributed by atoms with Crippen LogP contribution in [0.15, 0.2) is 48.4 Å². The van der Waals surface area contributed by atoms with E-state index in [0.717, 1.165) is 57.4 Å². The zero-order valence-corrected chi connectivity index (χ0v) is 32.3. The minimum Gasteiger partial charge on any atom is -0.744 e. The SMILES string of the molecule is C=CCCCCCCCCCCCCCOC(=O)c1cccc(S(=O)(=O)[O-])c1C(=O)OCCCCCCCCCCCCCC=C.[Na+]. The Kier molecular flexibility index (Phi) is 29.7. The zero-order chi connectivity index (χ0) is 33.7. The molecule has 0 aliphatic heterocycles. The van der Waals surface area contributed by atoms with E-state index in [4.69, 9.17) is 9.47 Å². The van der Waals surface area contributed by atoms with Gasteiger partial charge in [-0.2, -0.15) is 0 Å². The summed E-state index contributed by atoms with van der Waals surface area (Å²) in [7, 11) is -5.01. The van der Waals surface area contributed by atoms with Crippen LogP contribution in [0.25, 0.3) is 0 Å². The van der Waals surface area contributed by atoms with Crippen LogP contribution in [-0.4, -0.2) is 38.1 Å². The topological polar surface area (TPSA) is 110 Å². The second-order valence-electron chi connectivity index (χ2n) is 12.3. The molecule has 0 aliphatic carbocycles.